The van der Waals surface area contributed by atoms with Crippen LogP contribution >= 0.6 is 19.7 Å². The monoisotopic (exact) mass is 235 g/mol. The number of hydrogen-bond acceptors (Lipinski definition) is 2. The van der Waals surface area contributed by atoms with Crippen molar-refractivity contribution in [2.24, 2.45) is 0 Å². The molecule has 0 aromatic heterocycles. The molecule has 0 spiro atoms. The van der Waals surface area contributed by atoms with Gasteiger partial charge in [-0.3, -0.25) is 0 Å². The zero-order chi connectivity index (χ0) is 4.00. The summed E-state index contributed by atoms with van der Waals surface area (Å²) in [6.07, 6.45) is 0. The molecular weight excluding hydrogens is 237 g/mol. The van der Waals surface area contributed by atoms with Crippen molar-refractivity contribution in [1.29, 1.82) is 0 Å². The van der Waals surface area contributed by atoms with E-state index in [0.29, 0.717) is 0 Å². The molecule has 0 saturated heterocycles. The third kappa shape index (κ3) is 9.19. The predicted molar refractivity (Wildman–Crippen MR) is 15.2 cm³/mol. The maximum absolute atomic E-state index is 4.21. The Morgan fingerprint density at radius 1 is 1.25 bits per heavy atom. The molecule has 0 fully saturated rings. The molecule has 0 radical (unpaired) electrons. The van der Waals surface area contributed by atoms with Crippen LogP contribution in [0.5, 0.6) is 0 Å². The van der Waals surface area contributed by atoms with Gasteiger partial charge in [-0.1, -0.05) is 0 Å². The van der Waals surface area contributed by atoms with Crippen molar-refractivity contribution in [3.63, 3.8) is 0 Å². The Morgan fingerprint density at radius 2 is 1.25 bits per heavy atom. The van der Waals surface area contributed by atoms with Gasteiger partial charge in [0.1, 0.15) is 0 Å². The number of hydrogen-bond donors (Lipinski definition) is 0. The Morgan fingerprint density at radius 3 is 1.25 bits per heavy atom. The van der Waals surface area contributed by atoms with Crippen LogP contribution in [0.1, 0.15) is 0 Å². The van der Waals surface area contributed by atoms with E-state index in [-0.39, 0.29) is 0 Å². The molecule has 0 saturated carbocycles. The molecule has 0 amide bonds. The summed E-state index contributed by atoms with van der Waals surface area (Å²) in [7, 11) is 8.10. The topological polar surface area (TPSA) is 0 Å². The van der Waals surface area contributed by atoms with Crippen molar-refractivity contribution in [2.45, 2.75) is 0 Å². The fourth-order valence-corrected chi connectivity index (χ4v) is 0. The van der Waals surface area contributed by atoms with E-state index < -0.39 is 0 Å². The average molecular weight is 237 g/mol. The normalized spacial score (nSPS) is 3.00. The van der Waals surface area contributed by atoms with Gasteiger partial charge in [-0.05, 0) is 0 Å². The minimum atomic E-state index is 0.958. The quantitative estimate of drug-likeness (QED) is 0.582. The van der Waals surface area contributed by atoms with E-state index in [1.807, 2.05) is 0 Å². The maximum atomic E-state index is 4.21. The first kappa shape index (κ1) is 9.26. The van der Waals surface area contributed by atoms with Crippen LogP contribution in [0.25, 0.3) is 0 Å². The molecule has 0 nitrogen and oxygen atoms in total. The summed E-state index contributed by atoms with van der Waals surface area (Å²) in [5, 5.41) is 0. The summed E-state index contributed by atoms with van der Waals surface area (Å²) in [6.45, 7) is 0. The fraction of sp³-hybridized carbons (Fsp3) is 0. The molecule has 0 aliphatic heterocycles. The van der Waals surface area contributed by atoms with Gasteiger partial charge in [-0.15, -0.1) is 0 Å². The third-order valence-corrected chi connectivity index (χ3v) is 0. The molecule has 0 bridgehead atoms. The Balaban J connectivity index is 0. The number of rotatable bonds is 0. The van der Waals surface area contributed by atoms with Gasteiger partial charge in [0.2, 0.25) is 0 Å². The van der Waals surface area contributed by atoms with Crippen LogP contribution in [0.2, 0.25) is 0 Å². The van der Waals surface area contributed by atoms with Gasteiger partial charge in [0.25, 0.3) is 0 Å². The Kier molecular flexibility index (Phi) is 49.4. The van der Waals surface area contributed by atoms with Crippen LogP contribution in [0, 0.1) is 0 Å². The first-order valence-corrected chi connectivity index (χ1v) is 6.68. The zero-order valence-electron chi connectivity index (χ0n) is 1.83. The van der Waals surface area contributed by atoms with Gasteiger partial charge in [0.05, 0.1) is 0 Å². The van der Waals surface area contributed by atoms with Crippen molar-refractivity contribution in [2.75, 3.05) is 0 Å². The van der Waals surface area contributed by atoms with Crippen LogP contribution in [0.3, 0.4) is 0 Å². The second kappa shape index (κ2) is 21.4. The molecule has 0 aromatic carbocycles. The second-order valence-corrected chi connectivity index (χ2v) is 0. The van der Waals surface area contributed by atoms with Crippen LogP contribution in [-0.2, 0) is 35.7 Å². The molecule has 0 aromatic rings. The standard InChI is InChI=1S/Ag.2S.Zn. The second-order valence-electron chi connectivity index (χ2n) is 0. The van der Waals surface area contributed by atoms with Crippen molar-refractivity contribution >= 4 is 19.7 Å². The molecule has 0 N–H and O–H groups in total. The molecule has 0 aliphatic carbocycles. The minimum absolute atomic E-state index is 0.958. The Hall–Kier alpha value is 1.80. The van der Waals surface area contributed by atoms with Crippen LogP contribution in [0.15, 0.2) is 0 Å². The van der Waals surface area contributed by atoms with Crippen LogP contribution in [0.4, 0.5) is 0 Å². The molecule has 0 unspecified atom stereocenters. The zero-order valence-corrected chi connectivity index (χ0v) is 7.91. The van der Waals surface area contributed by atoms with E-state index in [4.69, 9.17) is 0 Å². The van der Waals surface area contributed by atoms with E-state index in [9.17, 15) is 0 Å². The van der Waals surface area contributed by atoms with Crippen molar-refractivity contribution in [3.05, 3.63) is 0 Å². The van der Waals surface area contributed by atoms with Gasteiger partial charge in [-0.2, -0.15) is 0 Å². The van der Waals surface area contributed by atoms with Gasteiger partial charge in [0.15, 0.2) is 0 Å². The summed E-state index contributed by atoms with van der Waals surface area (Å²) < 4.78 is 0. The fourth-order valence-electron chi connectivity index (χ4n) is 0. The molecule has 0 rings (SSSR count). The summed E-state index contributed by atoms with van der Waals surface area (Å²) in [5.41, 5.74) is 0. The Labute approximate surface area is 54.9 Å². The Bertz CT molecular complexity index is 8.00. The molecule has 0 atom stereocenters. The molecule has 4 heteroatoms. The summed E-state index contributed by atoms with van der Waals surface area (Å²) in [4.78, 5) is 0. The van der Waals surface area contributed by atoms with E-state index in [1.165, 1.54) is 0 Å². The van der Waals surface area contributed by atoms with Crippen molar-refractivity contribution < 1.29 is 35.7 Å². The predicted octanol–water partition coefficient (Wildman–Crippen LogP) is 1.29. The van der Waals surface area contributed by atoms with E-state index in [0.717, 1.165) is 16.6 Å². The average Bonchev–Trinajstić information content (AvgIpc) is 1.50. The van der Waals surface area contributed by atoms with Crippen LogP contribution in [-0.4, -0.2) is 0 Å². The molecular formula is AgS2Zn. The summed E-state index contributed by atoms with van der Waals surface area (Å²) >= 11 is 3.49. The summed E-state index contributed by atoms with van der Waals surface area (Å²) in [6, 6.07) is 0. The van der Waals surface area contributed by atoms with Crippen molar-refractivity contribution in [3.8, 4) is 0 Å². The van der Waals surface area contributed by atoms with E-state index in [1.54, 1.807) is 0 Å². The van der Waals surface area contributed by atoms with Crippen molar-refractivity contribution in [1.82, 2.24) is 0 Å². The molecule has 0 aliphatic rings. The van der Waals surface area contributed by atoms with E-state index >= 15 is 0 Å². The van der Waals surface area contributed by atoms with Crippen LogP contribution < -0.4 is 0 Å². The van der Waals surface area contributed by atoms with Gasteiger partial charge >= 0.3 is 55.4 Å². The van der Waals surface area contributed by atoms with Gasteiger partial charge in [0, 0.05) is 0 Å². The summed E-state index contributed by atoms with van der Waals surface area (Å²) in [5.74, 6) is 0. The molecule has 0 heterocycles. The van der Waals surface area contributed by atoms with Gasteiger partial charge < -0.3 is 0 Å². The SMILES string of the molecule is [S]=[Ag].[S]=[Zn]. The van der Waals surface area contributed by atoms with E-state index in [2.05, 4.69) is 38.9 Å². The first-order chi connectivity index (χ1) is 2.00. The molecule has 25 valence electrons. The third-order valence-electron chi connectivity index (χ3n) is 0. The molecule has 4 heavy (non-hydrogen) atoms. The van der Waals surface area contributed by atoms with Gasteiger partial charge in [-0.25, -0.2) is 0 Å². The first-order valence-electron chi connectivity index (χ1n) is 0.412.